The SMILES string of the molecule is O=C(NCCN1CCOCC1)c1ccc(C(=O)NCc2ccc(F)cc2)cc1. The molecule has 1 saturated heterocycles. The Balaban J connectivity index is 1.44. The van der Waals surface area contributed by atoms with E-state index in [9.17, 15) is 14.0 Å². The van der Waals surface area contributed by atoms with Crippen molar-refractivity contribution in [2.24, 2.45) is 0 Å². The largest absolute Gasteiger partial charge is 0.379 e. The lowest BCUT2D eigenvalue weighted by Crippen LogP contribution is -2.41. The van der Waals surface area contributed by atoms with E-state index in [0.29, 0.717) is 24.2 Å². The van der Waals surface area contributed by atoms with Crippen molar-refractivity contribution >= 4 is 11.8 Å². The van der Waals surface area contributed by atoms with Crippen LogP contribution in [0.25, 0.3) is 0 Å². The molecule has 28 heavy (non-hydrogen) atoms. The number of hydrogen-bond donors (Lipinski definition) is 2. The summed E-state index contributed by atoms with van der Waals surface area (Å²) in [6, 6.07) is 12.5. The van der Waals surface area contributed by atoms with Gasteiger partial charge in [0.25, 0.3) is 11.8 Å². The van der Waals surface area contributed by atoms with Gasteiger partial charge in [0.1, 0.15) is 5.82 Å². The zero-order chi connectivity index (χ0) is 19.8. The van der Waals surface area contributed by atoms with Crippen LogP contribution in [0.2, 0.25) is 0 Å². The lowest BCUT2D eigenvalue weighted by atomic mass is 10.1. The molecule has 0 aliphatic carbocycles. The monoisotopic (exact) mass is 385 g/mol. The molecule has 0 radical (unpaired) electrons. The molecule has 148 valence electrons. The van der Waals surface area contributed by atoms with Crippen LogP contribution in [-0.4, -0.2) is 56.1 Å². The topological polar surface area (TPSA) is 70.7 Å². The number of carbonyl (C=O) groups is 2. The Morgan fingerprint density at radius 2 is 1.46 bits per heavy atom. The summed E-state index contributed by atoms with van der Waals surface area (Å²) in [5.74, 6) is -0.719. The summed E-state index contributed by atoms with van der Waals surface area (Å²) in [6.07, 6.45) is 0. The molecule has 0 aromatic heterocycles. The number of benzene rings is 2. The molecule has 2 aromatic rings. The van der Waals surface area contributed by atoms with E-state index in [2.05, 4.69) is 15.5 Å². The van der Waals surface area contributed by atoms with Crippen LogP contribution in [0.4, 0.5) is 4.39 Å². The molecule has 0 atom stereocenters. The molecule has 1 aliphatic heterocycles. The second kappa shape index (κ2) is 9.96. The summed E-state index contributed by atoms with van der Waals surface area (Å²) >= 11 is 0. The summed E-state index contributed by atoms with van der Waals surface area (Å²) in [5, 5.41) is 5.67. The minimum atomic E-state index is -0.311. The van der Waals surface area contributed by atoms with Crippen LogP contribution in [0.3, 0.4) is 0 Å². The summed E-state index contributed by atoms with van der Waals surface area (Å²) in [5.41, 5.74) is 1.79. The highest BCUT2D eigenvalue weighted by molar-refractivity contribution is 5.97. The number of ether oxygens (including phenoxy) is 1. The van der Waals surface area contributed by atoms with Gasteiger partial charge in [0.05, 0.1) is 13.2 Å². The first-order valence-corrected chi connectivity index (χ1v) is 9.33. The van der Waals surface area contributed by atoms with E-state index in [1.165, 1.54) is 12.1 Å². The molecule has 1 aliphatic rings. The quantitative estimate of drug-likeness (QED) is 0.763. The highest BCUT2D eigenvalue weighted by atomic mass is 19.1. The molecule has 1 heterocycles. The Morgan fingerprint density at radius 1 is 0.893 bits per heavy atom. The predicted molar refractivity (Wildman–Crippen MR) is 104 cm³/mol. The van der Waals surface area contributed by atoms with Crippen LogP contribution >= 0.6 is 0 Å². The second-order valence-corrected chi connectivity index (χ2v) is 6.60. The maximum Gasteiger partial charge on any atom is 0.251 e. The first-order valence-electron chi connectivity index (χ1n) is 9.33. The fourth-order valence-corrected chi connectivity index (χ4v) is 2.91. The maximum absolute atomic E-state index is 12.9. The average Bonchev–Trinajstić information content (AvgIpc) is 2.74. The van der Waals surface area contributed by atoms with E-state index in [1.807, 2.05) is 0 Å². The minimum Gasteiger partial charge on any atom is -0.379 e. The summed E-state index contributed by atoms with van der Waals surface area (Å²) in [6.45, 7) is 4.91. The van der Waals surface area contributed by atoms with Gasteiger partial charge in [-0.25, -0.2) is 4.39 Å². The molecular formula is C21H24FN3O3. The van der Waals surface area contributed by atoms with Gasteiger partial charge in [0, 0.05) is 43.9 Å². The van der Waals surface area contributed by atoms with Crippen molar-refractivity contribution in [3.8, 4) is 0 Å². The lowest BCUT2D eigenvalue weighted by molar-refractivity contribution is 0.0383. The van der Waals surface area contributed by atoms with Crippen molar-refractivity contribution in [1.29, 1.82) is 0 Å². The number of amides is 2. The number of carbonyl (C=O) groups excluding carboxylic acids is 2. The number of nitrogens with one attached hydrogen (secondary N) is 2. The van der Waals surface area contributed by atoms with Crippen LogP contribution in [0, 0.1) is 5.82 Å². The predicted octanol–water partition coefficient (Wildman–Crippen LogP) is 1.82. The van der Waals surface area contributed by atoms with Gasteiger partial charge in [0.2, 0.25) is 0 Å². The smallest absolute Gasteiger partial charge is 0.251 e. The maximum atomic E-state index is 12.9. The van der Waals surface area contributed by atoms with Gasteiger partial charge in [-0.1, -0.05) is 12.1 Å². The molecule has 6 nitrogen and oxygen atoms in total. The fraction of sp³-hybridized carbons (Fsp3) is 0.333. The number of rotatable bonds is 7. The minimum absolute atomic E-state index is 0.161. The Labute approximate surface area is 163 Å². The van der Waals surface area contributed by atoms with E-state index in [1.54, 1.807) is 36.4 Å². The highest BCUT2D eigenvalue weighted by Gasteiger charge is 2.12. The van der Waals surface area contributed by atoms with E-state index < -0.39 is 0 Å². The number of nitrogens with zero attached hydrogens (tertiary/aromatic N) is 1. The normalized spacial score (nSPS) is 14.5. The fourth-order valence-electron chi connectivity index (χ4n) is 2.91. The van der Waals surface area contributed by atoms with Crippen LogP contribution in [-0.2, 0) is 11.3 Å². The third kappa shape index (κ3) is 5.87. The Hall–Kier alpha value is -2.77. The van der Waals surface area contributed by atoms with Crippen molar-refractivity contribution in [2.45, 2.75) is 6.54 Å². The van der Waals surface area contributed by atoms with E-state index in [-0.39, 0.29) is 17.6 Å². The number of morpholine rings is 1. The van der Waals surface area contributed by atoms with Gasteiger partial charge >= 0.3 is 0 Å². The van der Waals surface area contributed by atoms with E-state index in [0.717, 1.165) is 38.4 Å². The number of halogens is 1. The van der Waals surface area contributed by atoms with Crippen molar-refractivity contribution in [3.63, 3.8) is 0 Å². The molecule has 7 heteroatoms. The Morgan fingerprint density at radius 3 is 2.07 bits per heavy atom. The van der Waals surface area contributed by atoms with E-state index >= 15 is 0 Å². The van der Waals surface area contributed by atoms with Gasteiger partial charge in [-0.15, -0.1) is 0 Å². The second-order valence-electron chi connectivity index (χ2n) is 6.60. The van der Waals surface area contributed by atoms with Crippen LogP contribution in [0.5, 0.6) is 0 Å². The van der Waals surface area contributed by atoms with Gasteiger partial charge < -0.3 is 15.4 Å². The van der Waals surface area contributed by atoms with E-state index in [4.69, 9.17) is 4.74 Å². The van der Waals surface area contributed by atoms with Crippen molar-refractivity contribution in [2.75, 3.05) is 39.4 Å². The molecule has 0 spiro atoms. The summed E-state index contributed by atoms with van der Waals surface area (Å²) < 4.78 is 18.2. The van der Waals surface area contributed by atoms with Crippen LogP contribution < -0.4 is 10.6 Å². The van der Waals surface area contributed by atoms with Gasteiger partial charge in [0.15, 0.2) is 0 Å². The molecule has 0 saturated carbocycles. The number of hydrogen-bond acceptors (Lipinski definition) is 4. The molecule has 0 unspecified atom stereocenters. The van der Waals surface area contributed by atoms with Gasteiger partial charge in [-0.3, -0.25) is 14.5 Å². The molecule has 0 bridgehead atoms. The molecule has 2 aromatic carbocycles. The zero-order valence-corrected chi connectivity index (χ0v) is 15.6. The summed E-state index contributed by atoms with van der Waals surface area (Å²) in [7, 11) is 0. The highest BCUT2D eigenvalue weighted by Crippen LogP contribution is 2.06. The molecule has 2 N–H and O–H groups in total. The van der Waals surface area contributed by atoms with Gasteiger partial charge in [-0.05, 0) is 42.0 Å². The van der Waals surface area contributed by atoms with Gasteiger partial charge in [-0.2, -0.15) is 0 Å². The Bertz CT molecular complexity index is 788. The zero-order valence-electron chi connectivity index (χ0n) is 15.6. The Kier molecular flexibility index (Phi) is 7.11. The third-order valence-corrected chi connectivity index (χ3v) is 4.59. The van der Waals surface area contributed by atoms with Crippen molar-refractivity contribution in [1.82, 2.24) is 15.5 Å². The third-order valence-electron chi connectivity index (χ3n) is 4.59. The first kappa shape index (κ1) is 20.0. The summed E-state index contributed by atoms with van der Waals surface area (Å²) in [4.78, 5) is 26.7. The molecular weight excluding hydrogens is 361 g/mol. The standard InChI is InChI=1S/C21H24FN3O3/c22-19-7-1-16(2-8-19)15-24-21(27)18-5-3-17(4-6-18)20(26)23-9-10-25-11-13-28-14-12-25/h1-8H,9-15H2,(H,23,26)(H,24,27). The van der Waals surface area contributed by atoms with Crippen LogP contribution in [0.15, 0.2) is 48.5 Å². The van der Waals surface area contributed by atoms with Crippen LogP contribution in [0.1, 0.15) is 26.3 Å². The molecule has 1 fully saturated rings. The molecule has 2 amide bonds. The van der Waals surface area contributed by atoms with Crippen molar-refractivity contribution < 1.29 is 18.7 Å². The lowest BCUT2D eigenvalue weighted by Gasteiger charge is -2.26. The average molecular weight is 385 g/mol. The van der Waals surface area contributed by atoms with Crippen molar-refractivity contribution in [3.05, 3.63) is 71.0 Å². The first-order chi connectivity index (χ1) is 13.6. The molecule has 3 rings (SSSR count).